The fourth-order valence-electron chi connectivity index (χ4n) is 1.64. The lowest BCUT2D eigenvalue weighted by Crippen LogP contribution is -2.54. The number of carbonyl (C=O) groups is 1. The summed E-state index contributed by atoms with van der Waals surface area (Å²) in [5.74, 6) is -0.432. The average molecular weight is 260 g/mol. The molecule has 5 N–H and O–H groups in total. The first kappa shape index (κ1) is 14.1. The van der Waals surface area contributed by atoms with E-state index in [0.29, 0.717) is 6.42 Å². The number of amides is 1. The molecule has 7 heteroatoms. The SMILES string of the molecule is C[C@H](N)C(=O)N[C@@]1(CP(=O)(O)O)C=CC=CC1. The van der Waals surface area contributed by atoms with Gasteiger partial charge in [-0.1, -0.05) is 24.3 Å². The van der Waals surface area contributed by atoms with Gasteiger partial charge in [-0.05, 0) is 13.3 Å². The highest BCUT2D eigenvalue weighted by atomic mass is 31.2. The van der Waals surface area contributed by atoms with Crippen LogP contribution in [0, 0.1) is 0 Å². The zero-order chi connectivity index (χ0) is 13.1. The topological polar surface area (TPSA) is 113 Å². The fraction of sp³-hybridized carbons (Fsp3) is 0.500. The largest absolute Gasteiger partial charge is 0.345 e. The van der Waals surface area contributed by atoms with Crippen LogP contribution in [-0.2, 0) is 9.36 Å². The smallest absolute Gasteiger partial charge is 0.328 e. The Morgan fingerprint density at radius 2 is 2.24 bits per heavy atom. The van der Waals surface area contributed by atoms with Gasteiger partial charge in [-0.15, -0.1) is 0 Å². The Morgan fingerprint density at radius 3 is 2.65 bits per heavy atom. The molecule has 1 rings (SSSR count). The highest BCUT2D eigenvalue weighted by molar-refractivity contribution is 7.51. The molecule has 0 heterocycles. The molecule has 1 aliphatic rings. The highest BCUT2D eigenvalue weighted by Gasteiger charge is 2.36. The number of hydrogen-bond donors (Lipinski definition) is 4. The first-order chi connectivity index (χ1) is 7.74. The second-order valence-electron chi connectivity index (χ2n) is 4.25. The van der Waals surface area contributed by atoms with Crippen molar-refractivity contribution in [3.8, 4) is 0 Å². The minimum Gasteiger partial charge on any atom is -0.345 e. The molecule has 1 aliphatic carbocycles. The quantitative estimate of drug-likeness (QED) is 0.526. The lowest BCUT2D eigenvalue weighted by molar-refractivity contribution is -0.123. The molecule has 0 aromatic heterocycles. The lowest BCUT2D eigenvalue weighted by atomic mass is 9.93. The van der Waals surface area contributed by atoms with Crippen LogP contribution in [0.1, 0.15) is 13.3 Å². The van der Waals surface area contributed by atoms with Gasteiger partial charge in [0.1, 0.15) is 0 Å². The van der Waals surface area contributed by atoms with Crippen molar-refractivity contribution in [1.29, 1.82) is 0 Å². The molecular weight excluding hydrogens is 243 g/mol. The zero-order valence-electron chi connectivity index (χ0n) is 9.54. The van der Waals surface area contributed by atoms with E-state index in [-0.39, 0.29) is 0 Å². The number of allylic oxidation sites excluding steroid dienone is 2. The van der Waals surface area contributed by atoms with Gasteiger partial charge in [0.25, 0.3) is 0 Å². The fourth-order valence-corrected chi connectivity index (χ4v) is 2.69. The summed E-state index contributed by atoms with van der Waals surface area (Å²) < 4.78 is 11.1. The Hall–Kier alpha value is -0.940. The van der Waals surface area contributed by atoms with Crippen LogP contribution in [0.5, 0.6) is 0 Å². The van der Waals surface area contributed by atoms with Crippen LogP contribution in [0.4, 0.5) is 0 Å². The standard InChI is InChI=1S/C10H17N2O4P/c1-8(11)9(13)12-10(7-17(14,15)16)5-3-2-4-6-10/h2-5,8H,6-7,11H2,1H3,(H,12,13)(H2,14,15,16)/t8-,10-/m0/s1. The maximum atomic E-state index is 11.6. The van der Waals surface area contributed by atoms with E-state index >= 15 is 0 Å². The monoisotopic (exact) mass is 260 g/mol. The van der Waals surface area contributed by atoms with Crippen LogP contribution in [-0.4, -0.2) is 33.4 Å². The summed E-state index contributed by atoms with van der Waals surface area (Å²) >= 11 is 0. The van der Waals surface area contributed by atoms with E-state index in [2.05, 4.69) is 5.32 Å². The molecule has 96 valence electrons. The Morgan fingerprint density at radius 1 is 1.59 bits per heavy atom. The summed E-state index contributed by atoms with van der Waals surface area (Å²) in [4.78, 5) is 29.7. The Bertz CT molecular complexity index is 399. The van der Waals surface area contributed by atoms with Crippen molar-refractivity contribution in [3.05, 3.63) is 24.3 Å². The molecule has 0 fully saturated rings. The molecule has 0 unspecified atom stereocenters. The van der Waals surface area contributed by atoms with Gasteiger partial charge in [0.15, 0.2) is 0 Å². The van der Waals surface area contributed by atoms with Crippen LogP contribution in [0.25, 0.3) is 0 Å². The molecule has 0 radical (unpaired) electrons. The summed E-state index contributed by atoms with van der Waals surface area (Å²) in [6, 6.07) is -0.719. The zero-order valence-corrected chi connectivity index (χ0v) is 10.4. The maximum Gasteiger partial charge on any atom is 0.328 e. The van der Waals surface area contributed by atoms with Crippen LogP contribution in [0.3, 0.4) is 0 Å². The van der Waals surface area contributed by atoms with Crippen molar-refractivity contribution in [1.82, 2.24) is 5.32 Å². The second-order valence-corrected chi connectivity index (χ2v) is 5.89. The third kappa shape index (κ3) is 4.44. The molecule has 6 nitrogen and oxygen atoms in total. The molecular formula is C10H17N2O4P. The van der Waals surface area contributed by atoms with Gasteiger partial charge in [-0.3, -0.25) is 9.36 Å². The molecule has 0 saturated heterocycles. The molecule has 0 saturated carbocycles. The highest BCUT2D eigenvalue weighted by Crippen LogP contribution is 2.40. The van der Waals surface area contributed by atoms with Gasteiger partial charge in [0, 0.05) is 0 Å². The first-order valence-electron chi connectivity index (χ1n) is 5.21. The third-order valence-corrected chi connectivity index (χ3v) is 3.39. The summed E-state index contributed by atoms with van der Waals surface area (Å²) in [5, 5.41) is 2.59. The number of hydrogen-bond acceptors (Lipinski definition) is 3. The van der Waals surface area contributed by atoms with Crippen molar-refractivity contribution < 1.29 is 19.1 Å². The van der Waals surface area contributed by atoms with Crippen LogP contribution in [0.15, 0.2) is 24.3 Å². The number of carbonyl (C=O) groups excluding carboxylic acids is 1. The van der Waals surface area contributed by atoms with E-state index in [1.807, 2.05) is 0 Å². The van der Waals surface area contributed by atoms with Gasteiger partial charge in [-0.25, -0.2) is 0 Å². The van der Waals surface area contributed by atoms with Gasteiger partial charge < -0.3 is 20.8 Å². The van der Waals surface area contributed by atoms with E-state index in [1.54, 1.807) is 24.3 Å². The Labute approximate surface area is 99.7 Å². The van der Waals surface area contributed by atoms with E-state index in [1.165, 1.54) is 6.92 Å². The normalized spacial score (nSPS) is 25.6. The van der Waals surface area contributed by atoms with Crippen molar-refractivity contribution in [2.75, 3.05) is 6.16 Å². The van der Waals surface area contributed by atoms with Crippen LogP contribution in [0.2, 0.25) is 0 Å². The van der Waals surface area contributed by atoms with Crippen molar-refractivity contribution in [2.45, 2.75) is 24.9 Å². The molecule has 0 spiro atoms. The van der Waals surface area contributed by atoms with Gasteiger partial charge in [0.05, 0.1) is 17.7 Å². The first-order valence-corrected chi connectivity index (χ1v) is 7.00. The number of nitrogens with two attached hydrogens (primary N) is 1. The summed E-state index contributed by atoms with van der Waals surface area (Å²) in [7, 11) is -4.23. The predicted molar refractivity (Wildman–Crippen MR) is 64.3 cm³/mol. The van der Waals surface area contributed by atoms with Gasteiger partial charge in [0.2, 0.25) is 5.91 Å². The van der Waals surface area contributed by atoms with Gasteiger partial charge >= 0.3 is 7.60 Å². The molecule has 0 aliphatic heterocycles. The van der Waals surface area contributed by atoms with Crippen molar-refractivity contribution in [2.24, 2.45) is 5.73 Å². The van der Waals surface area contributed by atoms with Gasteiger partial charge in [-0.2, -0.15) is 0 Å². The van der Waals surface area contributed by atoms with Crippen LogP contribution >= 0.6 is 7.60 Å². The lowest BCUT2D eigenvalue weighted by Gasteiger charge is -2.33. The van der Waals surface area contributed by atoms with E-state index in [9.17, 15) is 9.36 Å². The summed E-state index contributed by atoms with van der Waals surface area (Å²) in [6.07, 6.45) is 6.66. The summed E-state index contributed by atoms with van der Waals surface area (Å²) in [6.45, 7) is 1.52. The van der Waals surface area contributed by atoms with E-state index in [0.717, 1.165) is 0 Å². The third-order valence-electron chi connectivity index (χ3n) is 2.42. The van der Waals surface area contributed by atoms with E-state index in [4.69, 9.17) is 15.5 Å². The molecule has 2 atom stereocenters. The predicted octanol–water partition coefficient (Wildman–Crippen LogP) is -0.118. The van der Waals surface area contributed by atoms with E-state index < -0.39 is 31.2 Å². The number of rotatable bonds is 4. The van der Waals surface area contributed by atoms with Crippen LogP contribution < -0.4 is 11.1 Å². The number of nitrogens with one attached hydrogen (secondary N) is 1. The second kappa shape index (κ2) is 5.14. The molecule has 0 aromatic carbocycles. The Balaban J connectivity index is 2.88. The molecule has 1 amide bonds. The van der Waals surface area contributed by atoms with Crippen molar-refractivity contribution in [3.63, 3.8) is 0 Å². The summed E-state index contributed by atoms with van der Waals surface area (Å²) in [5.41, 5.74) is 4.38. The minimum absolute atomic E-state index is 0.340. The molecule has 17 heavy (non-hydrogen) atoms. The molecule has 0 aromatic rings. The average Bonchev–Trinajstić information content (AvgIpc) is 2.15. The minimum atomic E-state index is -4.23. The maximum absolute atomic E-state index is 11.6. The molecule has 0 bridgehead atoms. The van der Waals surface area contributed by atoms with Crippen molar-refractivity contribution >= 4 is 13.5 Å². The Kier molecular flexibility index (Phi) is 4.27.